The van der Waals surface area contributed by atoms with E-state index in [4.69, 9.17) is 4.55 Å². The van der Waals surface area contributed by atoms with Gasteiger partial charge in [-0.3, -0.25) is 4.55 Å². The predicted octanol–water partition coefficient (Wildman–Crippen LogP) is -1.32. The average Bonchev–Trinajstić information content (AvgIpc) is 1.35. The fraction of sp³-hybridized carbons (Fsp3) is 0. The van der Waals surface area contributed by atoms with Gasteiger partial charge in [0.05, 0.1) is 0 Å². The molecule has 0 heterocycles. The molecule has 0 aliphatic rings. The molecule has 0 spiro atoms. The SMILES string of the molecule is NOS(=O)(=O)O.[Co]. The van der Waals surface area contributed by atoms with Gasteiger partial charge in [0, 0.05) is 16.8 Å². The standard InChI is InChI=1S/Co.H3NO4S/c;1-5-6(2,3)4/h;1H2,(H,2,3,4). The molecule has 0 unspecified atom stereocenters. The van der Waals surface area contributed by atoms with Crippen molar-refractivity contribution in [3.8, 4) is 0 Å². The van der Waals surface area contributed by atoms with Crippen LogP contribution in [0.1, 0.15) is 0 Å². The molecule has 5 nitrogen and oxygen atoms in total. The number of rotatable bonds is 1. The molecular formula is H3CoNO4S. The maximum atomic E-state index is 9.21. The molecule has 0 aromatic heterocycles. The van der Waals surface area contributed by atoms with E-state index in [1.165, 1.54) is 0 Å². The van der Waals surface area contributed by atoms with E-state index in [0.717, 1.165) is 0 Å². The molecule has 0 rings (SSSR count). The Hall–Kier alpha value is 0.336. The van der Waals surface area contributed by atoms with Gasteiger partial charge < -0.3 is 0 Å². The van der Waals surface area contributed by atoms with Crippen molar-refractivity contribution in [3.63, 3.8) is 0 Å². The Labute approximate surface area is 50.9 Å². The molecule has 7 heavy (non-hydrogen) atoms. The summed E-state index contributed by atoms with van der Waals surface area (Å²) in [6.45, 7) is 0. The molecule has 47 valence electrons. The first kappa shape index (κ1) is 10.3. The second kappa shape index (κ2) is 3.35. The van der Waals surface area contributed by atoms with Gasteiger partial charge in [0.15, 0.2) is 0 Å². The molecule has 3 N–H and O–H groups in total. The van der Waals surface area contributed by atoms with Crippen LogP contribution in [0.4, 0.5) is 0 Å². The van der Waals surface area contributed by atoms with Crippen LogP contribution in [-0.4, -0.2) is 13.0 Å². The molecule has 0 saturated heterocycles. The largest absolute Gasteiger partial charge is 0.413 e. The Balaban J connectivity index is 0. The zero-order valence-corrected chi connectivity index (χ0v) is 4.85. The molecule has 0 aliphatic heterocycles. The summed E-state index contributed by atoms with van der Waals surface area (Å²) in [6, 6.07) is 0. The van der Waals surface area contributed by atoms with E-state index in [2.05, 4.69) is 10.2 Å². The monoisotopic (exact) mass is 172 g/mol. The Kier molecular flexibility index (Phi) is 4.95. The van der Waals surface area contributed by atoms with Crippen molar-refractivity contribution < 1.29 is 34.0 Å². The minimum atomic E-state index is -4.38. The van der Waals surface area contributed by atoms with E-state index < -0.39 is 10.4 Å². The van der Waals surface area contributed by atoms with Gasteiger partial charge in [0.25, 0.3) is 0 Å². The fourth-order valence-electron chi connectivity index (χ4n) is 0. The summed E-state index contributed by atoms with van der Waals surface area (Å²) in [4.78, 5) is 0. The fourth-order valence-corrected chi connectivity index (χ4v) is 0. The Bertz CT molecular complexity index is 114. The molecule has 0 bridgehead atoms. The average molecular weight is 172 g/mol. The van der Waals surface area contributed by atoms with Crippen LogP contribution in [0, 0.1) is 0 Å². The summed E-state index contributed by atoms with van der Waals surface area (Å²) < 4.78 is 28.8. The zero-order valence-electron chi connectivity index (χ0n) is 2.99. The number of nitrogens with two attached hydrogens (primary N) is 1. The third kappa shape index (κ3) is 10.7. The Morgan fingerprint density at radius 3 is 1.71 bits per heavy atom. The van der Waals surface area contributed by atoms with Gasteiger partial charge in [-0.1, -0.05) is 0 Å². The quantitative estimate of drug-likeness (QED) is 0.378. The molecule has 0 fully saturated rings. The van der Waals surface area contributed by atoms with E-state index in [-0.39, 0.29) is 16.8 Å². The second-order valence-electron chi connectivity index (χ2n) is 0.524. The van der Waals surface area contributed by atoms with E-state index in [0.29, 0.717) is 0 Å². The molecule has 0 aromatic carbocycles. The summed E-state index contributed by atoms with van der Waals surface area (Å²) in [7, 11) is -4.38. The molecule has 0 saturated carbocycles. The zero-order chi connectivity index (χ0) is 5.21. The van der Waals surface area contributed by atoms with Gasteiger partial charge >= 0.3 is 10.4 Å². The number of hydrogen-bond donors (Lipinski definition) is 2. The van der Waals surface area contributed by atoms with E-state index in [1.807, 2.05) is 0 Å². The Morgan fingerprint density at radius 2 is 1.71 bits per heavy atom. The third-order valence-electron chi connectivity index (χ3n) is 0.122. The molecule has 0 atom stereocenters. The van der Waals surface area contributed by atoms with E-state index in [1.54, 1.807) is 0 Å². The van der Waals surface area contributed by atoms with Crippen LogP contribution >= 0.6 is 0 Å². The summed E-state index contributed by atoms with van der Waals surface area (Å²) in [5.74, 6) is 3.97. The van der Waals surface area contributed by atoms with Crippen LogP contribution < -0.4 is 5.90 Å². The number of hydrogen-bond acceptors (Lipinski definition) is 4. The van der Waals surface area contributed by atoms with Gasteiger partial charge in [0.2, 0.25) is 0 Å². The van der Waals surface area contributed by atoms with Crippen molar-refractivity contribution in [2.75, 3.05) is 0 Å². The molecule has 7 heteroatoms. The predicted molar refractivity (Wildman–Crippen MR) is 16.8 cm³/mol. The first-order valence-corrected chi connectivity index (χ1v) is 2.28. The van der Waals surface area contributed by atoms with Crippen molar-refractivity contribution in [2.45, 2.75) is 0 Å². The van der Waals surface area contributed by atoms with Crippen molar-refractivity contribution in [3.05, 3.63) is 0 Å². The second-order valence-corrected chi connectivity index (χ2v) is 1.57. The molecule has 1 radical (unpaired) electrons. The summed E-state index contributed by atoms with van der Waals surface area (Å²) in [6.07, 6.45) is 0. The van der Waals surface area contributed by atoms with Crippen LogP contribution in [0.25, 0.3) is 0 Å². The van der Waals surface area contributed by atoms with Gasteiger partial charge in [0.1, 0.15) is 0 Å². The maximum Gasteiger partial charge on any atom is 0.413 e. The molecular weight excluding hydrogens is 169 g/mol. The van der Waals surface area contributed by atoms with Gasteiger partial charge in [-0.05, 0) is 0 Å². The minimum Gasteiger partial charge on any atom is -0.262 e. The smallest absolute Gasteiger partial charge is 0.262 e. The van der Waals surface area contributed by atoms with Gasteiger partial charge in [-0.25, -0.2) is 0 Å². The summed E-state index contributed by atoms with van der Waals surface area (Å²) >= 11 is 0. The van der Waals surface area contributed by atoms with Crippen LogP contribution in [0.2, 0.25) is 0 Å². The van der Waals surface area contributed by atoms with Crippen molar-refractivity contribution in [1.29, 1.82) is 0 Å². The summed E-state index contributed by atoms with van der Waals surface area (Å²) in [5.41, 5.74) is 0. The van der Waals surface area contributed by atoms with Crippen LogP contribution in [0.3, 0.4) is 0 Å². The van der Waals surface area contributed by atoms with Crippen molar-refractivity contribution in [2.24, 2.45) is 5.90 Å². The topological polar surface area (TPSA) is 89.6 Å². The maximum absolute atomic E-state index is 9.21. The molecule has 0 aromatic rings. The van der Waals surface area contributed by atoms with Crippen LogP contribution in [-0.2, 0) is 31.5 Å². The van der Waals surface area contributed by atoms with Crippen molar-refractivity contribution in [1.82, 2.24) is 0 Å². The van der Waals surface area contributed by atoms with E-state index >= 15 is 0 Å². The minimum absolute atomic E-state index is 0. The van der Waals surface area contributed by atoms with Gasteiger partial charge in [-0.2, -0.15) is 18.6 Å². The first-order valence-electron chi connectivity index (χ1n) is 0.918. The normalized spacial score (nSPS) is 10.0. The van der Waals surface area contributed by atoms with E-state index in [9.17, 15) is 8.42 Å². The van der Waals surface area contributed by atoms with Crippen LogP contribution in [0.5, 0.6) is 0 Å². The summed E-state index contributed by atoms with van der Waals surface area (Å²) in [5, 5.41) is 0. The molecule has 0 aliphatic carbocycles. The Morgan fingerprint density at radius 1 is 1.57 bits per heavy atom. The molecule has 0 amide bonds. The van der Waals surface area contributed by atoms with Gasteiger partial charge in [-0.15, -0.1) is 0 Å². The van der Waals surface area contributed by atoms with Crippen molar-refractivity contribution >= 4 is 10.4 Å². The first-order chi connectivity index (χ1) is 2.56. The third-order valence-corrected chi connectivity index (χ3v) is 0.365. The van der Waals surface area contributed by atoms with Crippen LogP contribution in [0.15, 0.2) is 0 Å².